The molecule has 1 saturated carbocycles. The minimum Gasteiger partial charge on any atom is -0.326 e. The average molecular weight is 350 g/mol. The topological polar surface area (TPSA) is 96.7 Å². The molecular weight excluding hydrogens is 326 g/mol. The Morgan fingerprint density at radius 3 is 2.50 bits per heavy atom. The van der Waals surface area contributed by atoms with Crippen molar-refractivity contribution >= 4 is 24.0 Å². The fraction of sp³-hybridized carbons (Fsp3) is 0.471. The number of aromatic nitrogens is 3. The van der Waals surface area contributed by atoms with Crippen LogP contribution in [0.15, 0.2) is 24.3 Å². The number of aromatic amines is 1. The number of benzene rings is 1. The maximum Gasteiger partial charge on any atom is 0.230 e. The van der Waals surface area contributed by atoms with Crippen LogP contribution in [0, 0.1) is 5.41 Å². The first-order valence-electron chi connectivity index (χ1n) is 8.20. The van der Waals surface area contributed by atoms with Gasteiger partial charge < -0.3 is 11.1 Å². The number of nitrogens with one attached hydrogen (secondary N) is 2. The van der Waals surface area contributed by atoms with Crippen LogP contribution in [-0.2, 0) is 11.3 Å². The van der Waals surface area contributed by atoms with E-state index in [0.29, 0.717) is 18.2 Å². The molecule has 130 valence electrons. The van der Waals surface area contributed by atoms with Gasteiger partial charge in [-0.1, -0.05) is 19.8 Å². The monoisotopic (exact) mass is 349 g/mol. The summed E-state index contributed by atoms with van der Waals surface area (Å²) in [6.45, 7) is 2.44. The Kier molecular flexibility index (Phi) is 5.96. The maximum atomic E-state index is 12.6. The predicted molar refractivity (Wildman–Crippen MR) is 96.8 cm³/mol. The Labute approximate surface area is 148 Å². The number of amides is 1. The van der Waals surface area contributed by atoms with Gasteiger partial charge in [-0.05, 0) is 43.5 Å². The van der Waals surface area contributed by atoms with Gasteiger partial charge in [-0.2, -0.15) is 5.10 Å². The number of carbonyl (C=O) groups is 1. The maximum absolute atomic E-state index is 12.6. The summed E-state index contributed by atoms with van der Waals surface area (Å²) in [5.41, 5.74) is 7.05. The van der Waals surface area contributed by atoms with Gasteiger partial charge in [0.05, 0.1) is 6.54 Å². The molecule has 0 bridgehead atoms. The van der Waals surface area contributed by atoms with Gasteiger partial charge in [0.1, 0.15) is 5.82 Å². The van der Waals surface area contributed by atoms with E-state index in [4.69, 9.17) is 5.73 Å². The van der Waals surface area contributed by atoms with Crippen molar-refractivity contribution in [3.8, 4) is 11.4 Å². The van der Waals surface area contributed by atoms with E-state index < -0.39 is 0 Å². The lowest BCUT2D eigenvalue weighted by atomic mass is 9.82. The fourth-order valence-corrected chi connectivity index (χ4v) is 3.27. The molecule has 0 saturated heterocycles. The van der Waals surface area contributed by atoms with Crippen LogP contribution >= 0.6 is 12.4 Å². The van der Waals surface area contributed by atoms with Crippen LogP contribution in [0.5, 0.6) is 0 Å². The highest BCUT2D eigenvalue weighted by atomic mass is 35.5. The Balaban J connectivity index is 0.00000208. The Hall–Kier alpha value is -1.92. The molecule has 0 spiro atoms. The molecule has 0 unspecified atom stereocenters. The van der Waals surface area contributed by atoms with Crippen LogP contribution in [0.1, 0.15) is 44.9 Å². The molecule has 24 heavy (non-hydrogen) atoms. The Morgan fingerprint density at radius 2 is 1.96 bits per heavy atom. The SMILES string of the molecule is CCC1(C(=O)Nc2ccc(-c3n[nH]c(CN)n3)cc2)CCCC1.Cl. The van der Waals surface area contributed by atoms with Crippen LogP contribution in [0.2, 0.25) is 0 Å². The van der Waals surface area contributed by atoms with E-state index in [9.17, 15) is 4.79 Å². The summed E-state index contributed by atoms with van der Waals surface area (Å²) in [6, 6.07) is 7.60. The zero-order chi connectivity index (χ0) is 16.3. The van der Waals surface area contributed by atoms with Gasteiger partial charge in [0.15, 0.2) is 5.82 Å². The van der Waals surface area contributed by atoms with Crippen molar-refractivity contribution in [2.24, 2.45) is 11.1 Å². The van der Waals surface area contributed by atoms with Crippen molar-refractivity contribution in [2.75, 3.05) is 5.32 Å². The largest absolute Gasteiger partial charge is 0.326 e. The van der Waals surface area contributed by atoms with Gasteiger partial charge in [0, 0.05) is 16.7 Å². The van der Waals surface area contributed by atoms with Crippen molar-refractivity contribution in [1.82, 2.24) is 15.2 Å². The minimum absolute atomic E-state index is 0. The molecule has 0 radical (unpaired) electrons. The van der Waals surface area contributed by atoms with E-state index in [-0.39, 0.29) is 23.7 Å². The molecular formula is C17H24ClN5O. The zero-order valence-electron chi connectivity index (χ0n) is 13.8. The minimum atomic E-state index is -0.182. The van der Waals surface area contributed by atoms with Gasteiger partial charge in [0.2, 0.25) is 5.91 Å². The third kappa shape index (κ3) is 3.60. The molecule has 0 aliphatic heterocycles. The van der Waals surface area contributed by atoms with Crippen molar-refractivity contribution in [3.05, 3.63) is 30.1 Å². The lowest BCUT2D eigenvalue weighted by molar-refractivity contribution is -0.125. The van der Waals surface area contributed by atoms with E-state index in [1.807, 2.05) is 24.3 Å². The second kappa shape index (κ2) is 7.77. The molecule has 7 heteroatoms. The number of hydrogen-bond donors (Lipinski definition) is 3. The normalized spacial score (nSPS) is 15.8. The summed E-state index contributed by atoms with van der Waals surface area (Å²) in [5.74, 6) is 1.42. The zero-order valence-corrected chi connectivity index (χ0v) is 14.7. The Morgan fingerprint density at radius 1 is 1.29 bits per heavy atom. The Bertz CT molecular complexity index is 677. The second-order valence-corrected chi connectivity index (χ2v) is 6.18. The summed E-state index contributed by atoms with van der Waals surface area (Å²) in [6.07, 6.45) is 5.18. The standard InChI is InChI=1S/C17H23N5O.ClH/c1-2-17(9-3-4-10-17)16(23)19-13-7-5-12(6-8-13)15-20-14(11-18)21-22-15;/h5-8H,2-4,9-11,18H2,1H3,(H,19,23)(H,20,21,22);1H. The lowest BCUT2D eigenvalue weighted by Gasteiger charge is -2.26. The third-order valence-corrected chi connectivity index (χ3v) is 4.85. The molecule has 1 fully saturated rings. The molecule has 1 aliphatic carbocycles. The first-order valence-corrected chi connectivity index (χ1v) is 8.20. The quantitative estimate of drug-likeness (QED) is 0.771. The highest BCUT2D eigenvalue weighted by Crippen LogP contribution is 2.41. The van der Waals surface area contributed by atoms with Crippen LogP contribution in [0.3, 0.4) is 0 Å². The molecule has 1 aromatic heterocycles. The molecule has 0 atom stereocenters. The van der Waals surface area contributed by atoms with E-state index in [1.54, 1.807) is 0 Å². The van der Waals surface area contributed by atoms with Crippen LogP contribution in [0.4, 0.5) is 5.69 Å². The number of halogens is 1. The van der Waals surface area contributed by atoms with Crippen LogP contribution in [0.25, 0.3) is 11.4 Å². The van der Waals surface area contributed by atoms with E-state index in [1.165, 1.54) is 0 Å². The number of hydrogen-bond acceptors (Lipinski definition) is 4. The van der Waals surface area contributed by atoms with E-state index in [0.717, 1.165) is 43.4 Å². The summed E-state index contributed by atoms with van der Waals surface area (Å²) in [5, 5.41) is 9.99. The molecule has 1 heterocycles. The molecule has 2 aromatic rings. The number of nitrogens with zero attached hydrogens (tertiary/aromatic N) is 2. The summed E-state index contributed by atoms with van der Waals surface area (Å²) in [4.78, 5) is 16.9. The van der Waals surface area contributed by atoms with Crippen molar-refractivity contribution in [1.29, 1.82) is 0 Å². The molecule has 1 aromatic carbocycles. The summed E-state index contributed by atoms with van der Waals surface area (Å²) in [7, 11) is 0. The van der Waals surface area contributed by atoms with Gasteiger partial charge >= 0.3 is 0 Å². The first-order chi connectivity index (χ1) is 11.2. The van der Waals surface area contributed by atoms with Gasteiger partial charge in [-0.15, -0.1) is 12.4 Å². The van der Waals surface area contributed by atoms with Crippen molar-refractivity contribution in [2.45, 2.75) is 45.6 Å². The molecule has 6 nitrogen and oxygen atoms in total. The summed E-state index contributed by atoms with van der Waals surface area (Å²) >= 11 is 0. The molecule has 1 aliphatic rings. The lowest BCUT2D eigenvalue weighted by Crippen LogP contribution is -2.33. The number of nitrogens with two attached hydrogens (primary N) is 1. The number of rotatable bonds is 5. The number of H-pyrrole nitrogens is 1. The summed E-state index contributed by atoms with van der Waals surface area (Å²) < 4.78 is 0. The van der Waals surface area contributed by atoms with Gasteiger partial charge in [-0.3, -0.25) is 9.89 Å². The third-order valence-electron chi connectivity index (χ3n) is 4.85. The van der Waals surface area contributed by atoms with E-state index >= 15 is 0 Å². The van der Waals surface area contributed by atoms with Crippen LogP contribution in [-0.4, -0.2) is 21.1 Å². The fourth-order valence-electron chi connectivity index (χ4n) is 3.27. The highest BCUT2D eigenvalue weighted by Gasteiger charge is 2.39. The average Bonchev–Trinajstić information content (AvgIpc) is 3.25. The number of carbonyl (C=O) groups excluding carboxylic acids is 1. The highest BCUT2D eigenvalue weighted by molar-refractivity contribution is 5.95. The predicted octanol–water partition coefficient (Wildman–Crippen LogP) is 3.26. The molecule has 4 N–H and O–H groups in total. The molecule has 1 amide bonds. The van der Waals surface area contributed by atoms with Gasteiger partial charge in [0.25, 0.3) is 0 Å². The molecule has 3 rings (SSSR count). The van der Waals surface area contributed by atoms with Crippen LogP contribution < -0.4 is 11.1 Å². The first kappa shape index (κ1) is 18.4. The van der Waals surface area contributed by atoms with E-state index in [2.05, 4.69) is 27.4 Å². The smallest absolute Gasteiger partial charge is 0.230 e. The second-order valence-electron chi connectivity index (χ2n) is 6.18. The van der Waals surface area contributed by atoms with Gasteiger partial charge in [-0.25, -0.2) is 4.98 Å². The van der Waals surface area contributed by atoms with Crippen molar-refractivity contribution < 1.29 is 4.79 Å². The van der Waals surface area contributed by atoms with Crippen molar-refractivity contribution in [3.63, 3.8) is 0 Å². The number of anilines is 1.